The summed E-state index contributed by atoms with van der Waals surface area (Å²) in [5.41, 5.74) is -7.60. The first-order valence-corrected chi connectivity index (χ1v) is 15.1. The molecule has 0 amide bonds. The molecule has 0 spiro atoms. The average Bonchev–Trinajstić information content (AvgIpc) is 3.11. The number of nitrogens with zero attached hydrogens (tertiary/aromatic N) is 8. The molecule has 260 valence electrons. The van der Waals surface area contributed by atoms with Crippen molar-refractivity contribution in [3.05, 3.63) is 126 Å². The number of benzene rings is 4. The number of halogens is 9. The number of para-hydroxylation sites is 8. The van der Waals surface area contributed by atoms with Crippen LogP contribution in [0.4, 0.5) is 62.5 Å². The third kappa shape index (κ3) is 5.53. The first-order chi connectivity index (χ1) is 24.7. The highest BCUT2D eigenvalue weighted by molar-refractivity contribution is 6.00. The molecule has 0 saturated carbocycles. The Morgan fingerprint density at radius 3 is 1.23 bits per heavy atom. The molecule has 0 bridgehead atoms. The van der Waals surface area contributed by atoms with Crippen LogP contribution in [-0.2, 0) is 18.5 Å². The van der Waals surface area contributed by atoms with Gasteiger partial charge in [-0.05, 0) is 48.5 Å². The Kier molecular flexibility index (Phi) is 7.30. The fraction of sp³-hybridized carbons (Fsp3) is 0.0857. The molecule has 52 heavy (non-hydrogen) atoms. The van der Waals surface area contributed by atoms with Gasteiger partial charge in [0.15, 0.2) is 28.7 Å². The molecule has 0 fully saturated rings. The maximum Gasteiger partial charge on any atom is 0.437 e. The average molecular weight is 721 g/mol. The van der Waals surface area contributed by atoms with Crippen molar-refractivity contribution < 1.29 is 39.5 Å². The lowest BCUT2D eigenvalue weighted by atomic mass is 10.1. The Labute approximate surface area is 285 Å². The molecule has 0 saturated heterocycles. The minimum Gasteiger partial charge on any atom is -0.296 e. The molecule has 0 unspecified atom stereocenters. The monoisotopic (exact) mass is 720 g/mol. The minimum atomic E-state index is -5.25. The molecular formula is C35H17F9N8. The van der Waals surface area contributed by atoms with Gasteiger partial charge in [-0.1, -0.05) is 48.5 Å². The summed E-state index contributed by atoms with van der Waals surface area (Å²) in [6.07, 6.45) is -14.8. The lowest BCUT2D eigenvalue weighted by Crippen LogP contribution is -2.32. The second-order valence-corrected chi connectivity index (χ2v) is 11.4. The van der Waals surface area contributed by atoms with Gasteiger partial charge in [-0.3, -0.25) is 9.80 Å². The SMILES string of the molecule is FC(F)(F)c1nc2ccccc2nc1C1=CN(c2nc3ccccc3nc2C(F)(F)F)c2ccccc2N1c1nc2ccccc2nc1C(F)(F)F. The van der Waals surface area contributed by atoms with E-state index in [2.05, 4.69) is 29.9 Å². The van der Waals surface area contributed by atoms with Crippen molar-refractivity contribution in [3.8, 4) is 0 Å². The Hall–Kier alpha value is -6.39. The maximum absolute atomic E-state index is 14.9. The summed E-state index contributed by atoms with van der Waals surface area (Å²) in [5.74, 6) is -1.83. The van der Waals surface area contributed by atoms with Crippen LogP contribution in [0.25, 0.3) is 38.8 Å². The molecule has 1 aliphatic rings. The zero-order valence-electron chi connectivity index (χ0n) is 25.8. The zero-order valence-corrected chi connectivity index (χ0v) is 25.8. The quantitative estimate of drug-likeness (QED) is 0.167. The molecule has 7 aromatic rings. The maximum atomic E-state index is 14.9. The minimum absolute atomic E-state index is 0.00147. The van der Waals surface area contributed by atoms with Crippen LogP contribution in [0.2, 0.25) is 0 Å². The number of rotatable bonds is 3. The summed E-state index contributed by atoms with van der Waals surface area (Å²) in [4.78, 5) is 25.6. The lowest BCUT2D eigenvalue weighted by molar-refractivity contribution is -0.142. The van der Waals surface area contributed by atoms with Crippen LogP contribution in [-0.4, -0.2) is 29.9 Å². The van der Waals surface area contributed by atoms with Crippen molar-refractivity contribution in [1.29, 1.82) is 0 Å². The standard InChI is InChI=1S/C35H17F9N8/c36-33(37,38)28-27(45-18-9-1-2-10-19(18)46-28)26-17-51(31-29(34(39,40)41)47-20-11-3-5-13-22(20)49-31)24-15-7-8-16-25(24)52(26)32-30(35(42,43)44)48-21-12-4-6-14-23(21)50-32/h1-17H. The third-order valence-corrected chi connectivity index (χ3v) is 8.04. The van der Waals surface area contributed by atoms with Crippen molar-refractivity contribution in [2.45, 2.75) is 18.5 Å². The highest BCUT2D eigenvalue weighted by Crippen LogP contribution is 2.51. The smallest absolute Gasteiger partial charge is 0.296 e. The molecule has 8 rings (SSSR count). The van der Waals surface area contributed by atoms with Crippen LogP contribution in [0.15, 0.2) is 103 Å². The van der Waals surface area contributed by atoms with E-state index in [0.29, 0.717) is 0 Å². The fourth-order valence-corrected chi connectivity index (χ4v) is 5.87. The molecule has 8 nitrogen and oxygen atoms in total. The van der Waals surface area contributed by atoms with Gasteiger partial charge in [0.1, 0.15) is 5.69 Å². The first kappa shape index (κ1) is 32.8. The normalized spacial score (nSPS) is 13.9. The molecule has 4 aromatic carbocycles. The van der Waals surface area contributed by atoms with Crippen LogP contribution in [0.3, 0.4) is 0 Å². The van der Waals surface area contributed by atoms with Crippen LogP contribution in [0.1, 0.15) is 22.8 Å². The Bertz CT molecular complexity index is 2580. The van der Waals surface area contributed by atoms with Gasteiger partial charge in [0.05, 0.1) is 50.2 Å². The number of alkyl halides is 9. The van der Waals surface area contributed by atoms with Crippen LogP contribution >= 0.6 is 0 Å². The topological polar surface area (TPSA) is 83.8 Å². The van der Waals surface area contributed by atoms with E-state index in [0.717, 1.165) is 16.0 Å². The molecule has 17 heteroatoms. The van der Waals surface area contributed by atoms with E-state index in [4.69, 9.17) is 0 Å². The van der Waals surface area contributed by atoms with E-state index >= 15 is 0 Å². The van der Waals surface area contributed by atoms with E-state index in [1.165, 1.54) is 97.1 Å². The fourth-order valence-electron chi connectivity index (χ4n) is 5.87. The Balaban J connectivity index is 1.52. The molecule has 1 aliphatic heterocycles. The van der Waals surface area contributed by atoms with Crippen molar-refractivity contribution in [2.24, 2.45) is 0 Å². The molecule has 0 aliphatic carbocycles. The van der Waals surface area contributed by atoms with Crippen LogP contribution < -0.4 is 9.80 Å². The van der Waals surface area contributed by atoms with Crippen molar-refractivity contribution in [3.63, 3.8) is 0 Å². The van der Waals surface area contributed by atoms with Gasteiger partial charge in [0.25, 0.3) is 0 Å². The summed E-state index contributed by atoms with van der Waals surface area (Å²) in [6, 6.07) is 21.9. The highest BCUT2D eigenvalue weighted by atomic mass is 19.4. The van der Waals surface area contributed by atoms with Crippen LogP contribution in [0.5, 0.6) is 0 Å². The number of aromatic nitrogens is 6. The predicted octanol–water partition coefficient (Wildman–Crippen LogP) is 9.86. The van der Waals surface area contributed by atoms with E-state index in [1.54, 1.807) is 0 Å². The molecular weight excluding hydrogens is 703 g/mol. The number of hydrogen-bond acceptors (Lipinski definition) is 8. The number of anilines is 4. The third-order valence-electron chi connectivity index (χ3n) is 8.04. The number of fused-ring (bicyclic) bond motifs is 4. The lowest BCUT2D eigenvalue weighted by Gasteiger charge is -2.38. The van der Waals surface area contributed by atoms with Gasteiger partial charge in [-0.2, -0.15) is 39.5 Å². The van der Waals surface area contributed by atoms with Gasteiger partial charge in [-0.25, -0.2) is 29.9 Å². The molecule has 4 heterocycles. The van der Waals surface area contributed by atoms with Crippen LogP contribution in [0, 0.1) is 0 Å². The van der Waals surface area contributed by atoms with Gasteiger partial charge in [0.2, 0.25) is 0 Å². The van der Waals surface area contributed by atoms with E-state index < -0.39 is 58.6 Å². The molecule has 0 atom stereocenters. The summed E-state index contributed by atoms with van der Waals surface area (Å²) in [5, 5.41) is 0. The number of hydrogen-bond donors (Lipinski definition) is 0. The van der Waals surface area contributed by atoms with Crippen molar-refractivity contribution in [2.75, 3.05) is 9.80 Å². The summed E-state index contributed by atoms with van der Waals surface area (Å²) in [6.45, 7) is 0. The second-order valence-electron chi connectivity index (χ2n) is 11.4. The van der Waals surface area contributed by atoms with Gasteiger partial charge in [0, 0.05) is 6.20 Å². The van der Waals surface area contributed by atoms with Gasteiger partial charge < -0.3 is 0 Å². The second kappa shape index (κ2) is 11.6. The van der Waals surface area contributed by atoms with E-state index in [9.17, 15) is 39.5 Å². The molecule has 3 aromatic heterocycles. The molecule has 0 radical (unpaired) electrons. The summed E-state index contributed by atoms with van der Waals surface area (Å²) in [7, 11) is 0. The summed E-state index contributed by atoms with van der Waals surface area (Å²) < 4.78 is 134. The first-order valence-electron chi connectivity index (χ1n) is 15.1. The largest absolute Gasteiger partial charge is 0.437 e. The molecule has 0 N–H and O–H groups in total. The van der Waals surface area contributed by atoms with Crippen molar-refractivity contribution in [1.82, 2.24) is 29.9 Å². The predicted molar refractivity (Wildman–Crippen MR) is 172 cm³/mol. The van der Waals surface area contributed by atoms with E-state index in [1.807, 2.05) is 0 Å². The summed E-state index contributed by atoms with van der Waals surface area (Å²) >= 11 is 0. The van der Waals surface area contributed by atoms with E-state index in [-0.39, 0.29) is 44.5 Å². The Morgan fingerprint density at radius 2 is 0.750 bits per heavy atom. The van der Waals surface area contributed by atoms with Crippen molar-refractivity contribution >= 4 is 61.8 Å². The zero-order chi connectivity index (χ0) is 36.6. The van der Waals surface area contributed by atoms with Gasteiger partial charge in [-0.15, -0.1) is 0 Å². The highest BCUT2D eigenvalue weighted by Gasteiger charge is 2.46. The van der Waals surface area contributed by atoms with Gasteiger partial charge >= 0.3 is 18.5 Å². The Morgan fingerprint density at radius 1 is 0.385 bits per heavy atom.